The first-order valence-corrected chi connectivity index (χ1v) is 13.1. The average molecular weight is 575 g/mol. The molecule has 4 aromatic rings. The zero-order valence-corrected chi connectivity index (χ0v) is 23.0. The summed E-state index contributed by atoms with van der Waals surface area (Å²) < 4.78 is 39.0. The molecule has 0 aliphatic carbocycles. The first kappa shape index (κ1) is 30.0. The van der Waals surface area contributed by atoms with Crippen molar-refractivity contribution in [1.29, 1.82) is 0 Å². The number of hydrogen-bond acceptors (Lipinski definition) is 3. The number of carboxylic acid groups (broad SMARTS) is 1. The summed E-state index contributed by atoms with van der Waals surface area (Å²) in [5, 5.41) is 13.1. The molecule has 2 N–H and O–H groups in total. The summed E-state index contributed by atoms with van der Waals surface area (Å²) in [7, 11) is 3.01. The van der Waals surface area contributed by atoms with Crippen molar-refractivity contribution in [3.05, 3.63) is 125 Å². The molecule has 2 amide bonds. The summed E-state index contributed by atoms with van der Waals surface area (Å²) in [5.74, 6) is -2.36. The minimum Gasteiger partial charge on any atom is -0.480 e. The summed E-state index contributed by atoms with van der Waals surface area (Å²) in [6.07, 6.45) is -4.10. The van der Waals surface area contributed by atoms with Crippen LogP contribution >= 0.6 is 0 Å². The molecular formula is C33H29F3N2O4. The molecule has 0 aliphatic rings. The number of amides is 2. The topological polar surface area (TPSA) is 86.7 Å². The number of likely N-dealkylation sites (N-methyl/N-ethyl adjacent to an activating group) is 1. The van der Waals surface area contributed by atoms with Crippen molar-refractivity contribution in [1.82, 2.24) is 4.90 Å². The summed E-state index contributed by atoms with van der Waals surface area (Å²) in [6.45, 7) is 0. The second kappa shape index (κ2) is 12.3. The zero-order chi connectivity index (χ0) is 30.5. The summed E-state index contributed by atoms with van der Waals surface area (Å²) in [4.78, 5) is 40.5. The molecule has 0 aliphatic heterocycles. The Kier molecular flexibility index (Phi) is 8.80. The lowest BCUT2D eigenvalue weighted by Crippen LogP contribution is -2.50. The van der Waals surface area contributed by atoms with E-state index >= 15 is 0 Å². The predicted octanol–water partition coefficient (Wildman–Crippen LogP) is 6.67. The molecule has 4 aromatic carbocycles. The van der Waals surface area contributed by atoms with Gasteiger partial charge in [0.2, 0.25) is 5.91 Å². The van der Waals surface area contributed by atoms with Crippen molar-refractivity contribution in [2.24, 2.45) is 0 Å². The number of halogens is 3. The highest BCUT2D eigenvalue weighted by Gasteiger charge is 2.48. The molecule has 6 nitrogen and oxygen atoms in total. The van der Waals surface area contributed by atoms with Gasteiger partial charge in [0.05, 0.1) is 5.56 Å². The Bertz CT molecular complexity index is 1570. The molecule has 0 saturated carbocycles. The SMILES string of the molecule is CN(C)C(=O)C(CCc1ccccc1)(C(=O)O)c1ccc(NC(=O)c2ccccc2-c2ccc(C(F)(F)F)cc2)cc1. The van der Waals surface area contributed by atoms with Crippen LogP contribution in [-0.4, -0.2) is 41.9 Å². The van der Waals surface area contributed by atoms with E-state index in [2.05, 4.69) is 5.32 Å². The third kappa shape index (κ3) is 6.35. The van der Waals surface area contributed by atoms with E-state index in [0.717, 1.165) is 17.7 Å². The van der Waals surface area contributed by atoms with Gasteiger partial charge in [-0.25, -0.2) is 0 Å². The van der Waals surface area contributed by atoms with E-state index in [1.165, 1.54) is 55.4 Å². The number of hydrogen-bond donors (Lipinski definition) is 2. The molecule has 4 rings (SSSR count). The standard InChI is InChI=1S/C33H29F3N2O4/c1-38(2)30(40)32(31(41)42,21-20-22-8-4-3-5-9-22)24-16-18-26(19-17-24)37-29(39)28-11-7-6-10-27(28)23-12-14-25(15-13-23)33(34,35)36/h3-19H,20-21H2,1-2H3,(H,37,39)(H,41,42). The third-order valence-corrected chi connectivity index (χ3v) is 7.10. The maximum absolute atomic E-state index is 13.3. The van der Waals surface area contributed by atoms with E-state index in [-0.39, 0.29) is 17.5 Å². The lowest BCUT2D eigenvalue weighted by molar-refractivity contribution is -0.153. The number of aryl methyl sites for hydroxylation is 1. The number of nitrogens with one attached hydrogen (secondary N) is 1. The number of carbonyl (C=O) groups is 3. The van der Waals surface area contributed by atoms with Gasteiger partial charge in [0.25, 0.3) is 5.91 Å². The lowest BCUT2D eigenvalue weighted by atomic mass is 9.74. The second-order valence-electron chi connectivity index (χ2n) is 10.0. The van der Waals surface area contributed by atoms with E-state index < -0.39 is 34.9 Å². The third-order valence-electron chi connectivity index (χ3n) is 7.10. The monoisotopic (exact) mass is 574 g/mol. The van der Waals surface area contributed by atoms with Crippen molar-refractivity contribution in [3.8, 4) is 11.1 Å². The number of nitrogens with zero attached hydrogens (tertiary/aromatic N) is 1. The number of carboxylic acids is 1. The van der Waals surface area contributed by atoms with Crippen molar-refractivity contribution < 1.29 is 32.7 Å². The first-order valence-electron chi connectivity index (χ1n) is 13.1. The summed E-state index contributed by atoms with van der Waals surface area (Å²) >= 11 is 0. The van der Waals surface area contributed by atoms with E-state index in [1.807, 2.05) is 30.3 Å². The lowest BCUT2D eigenvalue weighted by Gasteiger charge is -2.31. The van der Waals surface area contributed by atoms with Gasteiger partial charge in [-0.05, 0) is 65.4 Å². The van der Waals surface area contributed by atoms with Gasteiger partial charge in [-0.1, -0.05) is 72.8 Å². The van der Waals surface area contributed by atoms with E-state index in [9.17, 15) is 32.7 Å². The van der Waals surface area contributed by atoms with Crippen LogP contribution in [0.5, 0.6) is 0 Å². The highest BCUT2D eigenvalue weighted by molar-refractivity contribution is 6.09. The Hall–Kier alpha value is -4.92. The van der Waals surface area contributed by atoms with Crippen LogP contribution in [-0.2, 0) is 27.6 Å². The van der Waals surface area contributed by atoms with Gasteiger partial charge >= 0.3 is 12.1 Å². The predicted molar refractivity (Wildman–Crippen MR) is 154 cm³/mol. The number of benzene rings is 4. The van der Waals surface area contributed by atoms with Crippen LogP contribution in [0.2, 0.25) is 0 Å². The fourth-order valence-corrected chi connectivity index (χ4v) is 4.86. The highest BCUT2D eigenvalue weighted by atomic mass is 19.4. The molecule has 9 heteroatoms. The molecule has 0 bridgehead atoms. The average Bonchev–Trinajstić information content (AvgIpc) is 2.98. The van der Waals surface area contributed by atoms with Crippen LogP contribution in [0.3, 0.4) is 0 Å². The van der Waals surface area contributed by atoms with E-state index in [1.54, 1.807) is 24.3 Å². The molecule has 0 aromatic heterocycles. The molecular weight excluding hydrogens is 545 g/mol. The highest BCUT2D eigenvalue weighted by Crippen LogP contribution is 2.34. The second-order valence-corrected chi connectivity index (χ2v) is 10.0. The van der Waals surface area contributed by atoms with Gasteiger partial charge in [-0.15, -0.1) is 0 Å². The van der Waals surface area contributed by atoms with Gasteiger partial charge in [0, 0.05) is 25.3 Å². The van der Waals surface area contributed by atoms with Crippen LogP contribution in [0.25, 0.3) is 11.1 Å². The van der Waals surface area contributed by atoms with Crippen molar-refractivity contribution in [2.75, 3.05) is 19.4 Å². The molecule has 1 unspecified atom stereocenters. The molecule has 0 heterocycles. The van der Waals surface area contributed by atoms with Crippen molar-refractivity contribution in [2.45, 2.75) is 24.4 Å². The summed E-state index contributed by atoms with van der Waals surface area (Å²) in [6, 6.07) is 26.4. The fraction of sp³-hybridized carbons (Fsp3) is 0.182. The smallest absolute Gasteiger partial charge is 0.416 e. The van der Waals surface area contributed by atoms with Gasteiger partial charge in [0.15, 0.2) is 5.41 Å². The number of alkyl halides is 3. The Morgan fingerprint density at radius 3 is 1.90 bits per heavy atom. The van der Waals surface area contributed by atoms with Gasteiger partial charge in [0.1, 0.15) is 0 Å². The molecule has 0 spiro atoms. The molecule has 42 heavy (non-hydrogen) atoms. The quantitative estimate of drug-likeness (QED) is 0.219. The fourth-order valence-electron chi connectivity index (χ4n) is 4.86. The Balaban J connectivity index is 1.61. The minimum atomic E-state index is -4.47. The first-order chi connectivity index (χ1) is 19.9. The molecule has 0 fully saturated rings. The minimum absolute atomic E-state index is 0.0234. The zero-order valence-electron chi connectivity index (χ0n) is 23.0. The molecule has 1 atom stereocenters. The van der Waals surface area contributed by atoms with Gasteiger partial charge in [-0.2, -0.15) is 13.2 Å². The number of aliphatic carboxylic acids is 1. The normalized spacial score (nSPS) is 12.7. The number of carbonyl (C=O) groups excluding carboxylic acids is 2. The van der Waals surface area contributed by atoms with E-state index in [4.69, 9.17) is 0 Å². The molecule has 0 radical (unpaired) electrons. The van der Waals surface area contributed by atoms with Crippen LogP contribution in [0.15, 0.2) is 103 Å². The van der Waals surface area contributed by atoms with Crippen LogP contribution < -0.4 is 5.32 Å². The maximum Gasteiger partial charge on any atom is 0.416 e. The number of anilines is 1. The summed E-state index contributed by atoms with van der Waals surface area (Å²) in [5.41, 5.74) is 0.00769. The number of rotatable bonds is 9. The maximum atomic E-state index is 13.3. The van der Waals surface area contributed by atoms with Crippen molar-refractivity contribution >= 4 is 23.5 Å². The van der Waals surface area contributed by atoms with Gasteiger partial charge < -0.3 is 15.3 Å². The van der Waals surface area contributed by atoms with Crippen LogP contribution in [0, 0.1) is 0 Å². The Morgan fingerprint density at radius 2 is 1.33 bits per heavy atom. The van der Waals surface area contributed by atoms with Gasteiger partial charge in [-0.3, -0.25) is 14.4 Å². The van der Waals surface area contributed by atoms with Crippen LogP contribution in [0.1, 0.15) is 33.5 Å². The largest absolute Gasteiger partial charge is 0.480 e. The Labute approximate surface area is 241 Å². The van der Waals surface area contributed by atoms with Crippen LogP contribution in [0.4, 0.5) is 18.9 Å². The molecule has 0 saturated heterocycles. The molecule has 216 valence electrons. The Morgan fingerprint density at radius 1 is 0.762 bits per heavy atom. The van der Waals surface area contributed by atoms with Crippen molar-refractivity contribution in [3.63, 3.8) is 0 Å². The van der Waals surface area contributed by atoms with E-state index in [0.29, 0.717) is 23.2 Å².